The van der Waals surface area contributed by atoms with Gasteiger partial charge in [0.25, 0.3) is 0 Å². The second kappa shape index (κ2) is 9.97. The van der Waals surface area contributed by atoms with Gasteiger partial charge in [-0.15, -0.1) is 0 Å². The van der Waals surface area contributed by atoms with Crippen molar-refractivity contribution < 1.29 is 33.2 Å². The molecule has 0 unspecified atom stereocenters. The number of methoxy groups -OCH3 is 6. The zero-order chi connectivity index (χ0) is 26.3. The molecule has 2 aromatic rings. The van der Waals surface area contributed by atoms with Gasteiger partial charge in [-0.25, -0.2) is 0 Å². The van der Waals surface area contributed by atoms with Gasteiger partial charge in [-0.05, 0) is 33.4 Å². The van der Waals surface area contributed by atoms with E-state index < -0.39 is 0 Å². The number of carbonyl (C=O) groups is 1. The molecule has 1 fully saturated rings. The molecule has 0 radical (unpaired) electrons. The molecule has 0 spiro atoms. The first-order chi connectivity index (χ1) is 17.3. The summed E-state index contributed by atoms with van der Waals surface area (Å²) in [6.45, 7) is 3.88. The maximum absolute atomic E-state index is 13.3. The molecule has 2 bridgehead atoms. The van der Waals surface area contributed by atoms with E-state index in [0.29, 0.717) is 41.6 Å². The molecule has 36 heavy (non-hydrogen) atoms. The maximum atomic E-state index is 13.3. The summed E-state index contributed by atoms with van der Waals surface area (Å²) in [5.41, 5.74) is 4.55. The van der Waals surface area contributed by atoms with Gasteiger partial charge in [-0.3, -0.25) is 9.69 Å². The van der Waals surface area contributed by atoms with Crippen molar-refractivity contribution in [2.75, 3.05) is 49.7 Å². The third-order valence-electron chi connectivity index (χ3n) is 7.55. The van der Waals surface area contributed by atoms with Crippen LogP contribution in [0.4, 0.5) is 0 Å². The molecule has 2 heterocycles. The second-order valence-corrected chi connectivity index (χ2v) is 9.20. The van der Waals surface area contributed by atoms with E-state index in [1.165, 1.54) is 0 Å². The predicted octanol–water partition coefficient (Wildman–Crippen LogP) is 2.99. The van der Waals surface area contributed by atoms with Crippen molar-refractivity contribution in [2.24, 2.45) is 0 Å². The van der Waals surface area contributed by atoms with Crippen LogP contribution in [-0.2, 0) is 17.6 Å². The number of amides is 1. The second-order valence-electron chi connectivity index (χ2n) is 9.20. The number of fused-ring (bicyclic) bond motifs is 4. The van der Waals surface area contributed by atoms with Crippen molar-refractivity contribution >= 4 is 5.91 Å². The smallest absolute Gasteiger partial charge is 0.238 e. The van der Waals surface area contributed by atoms with E-state index in [-0.39, 0.29) is 24.0 Å². The SMILES string of the molecule is COc1cc(C[C@@H]2NC(=O)[C@@H]3Cc4c(OC)c(C)c(OC)c(OC)c4[C@H]2N3C)c(OC)c(C)c1OC. The van der Waals surface area contributed by atoms with Crippen LogP contribution in [0.5, 0.6) is 34.5 Å². The molecular formula is C27H36N2O7. The Morgan fingerprint density at radius 1 is 0.833 bits per heavy atom. The molecule has 2 aliphatic rings. The van der Waals surface area contributed by atoms with Gasteiger partial charge in [0.1, 0.15) is 11.5 Å². The standard InChI is InChI=1S/C27H36N2O7/c1-13-22(32-5)15(11-19(31-4)24(13)34-7)10-17-21-20-16(12-18(29(21)3)27(30)28-17)23(33-6)14(2)25(35-8)26(20)36-9/h11,17-18,21H,10,12H2,1-9H3,(H,28,30)/t17-,18-,21-/m0/s1. The van der Waals surface area contributed by atoms with Crippen molar-refractivity contribution in [1.29, 1.82) is 0 Å². The van der Waals surface area contributed by atoms with Crippen LogP contribution in [0.3, 0.4) is 0 Å². The van der Waals surface area contributed by atoms with Gasteiger partial charge in [0, 0.05) is 34.2 Å². The topological polar surface area (TPSA) is 87.7 Å². The van der Waals surface area contributed by atoms with Crippen LogP contribution < -0.4 is 33.7 Å². The zero-order valence-electron chi connectivity index (χ0n) is 22.5. The van der Waals surface area contributed by atoms with Crippen LogP contribution in [0.1, 0.15) is 33.9 Å². The summed E-state index contributed by atoms with van der Waals surface area (Å²) < 4.78 is 34.5. The summed E-state index contributed by atoms with van der Waals surface area (Å²) in [7, 11) is 11.8. The number of hydrogen-bond donors (Lipinski definition) is 1. The number of benzene rings is 2. The first-order valence-corrected chi connectivity index (χ1v) is 11.9. The quantitative estimate of drug-likeness (QED) is 0.592. The van der Waals surface area contributed by atoms with Crippen molar-refractivity contribution in [1.82, 2.24) is 10.2 Å². The van der Waals surface area contributed by atoms with Crippen LogP contribution in [0.25, 0.3) is 0 Å². The molecule has 1 N–H and O–H groups in total. The molecule has 0 aliphatic carbocycles. The van der Waals surface area contributed by atoms with Gasteiger partial charge in [0.2, 0.25) is 5.91 Å². The number of likely N-dealkylation sites (N-methyl/N-ethyl adjacent to an activating group) is 1. The largest absolute Gasteiger partial charge is 0.496 e. The molecule has 0 saturated carbocycles. The Bertz CT molecular complexity index is 1180. The van der Waals surface area contributed by atoms with Gasteiger partial charge in [-0.2, -0.15) is 0 Å². The van der Waals surface area contributed by atoms with Crippen LogP contribution in [0.15, 0.2) is 6.07 Å². The molecule has 3 atom stereocenters. The zero-order valence-corrected chi connectivity index (χ0v) is 22.5. The summed E-state index contributed by atoms with van der Waals surface area (Å²) in [6.07, 6.45) is 1.02. The van der Waals surface area contributed by atoms with Crippen LogP contribution >= 0.6 is 0 Å². The van der Waals surface area contributed by atoms with Gasteiger partial charge in [0.05, 0.1) is 60.8 Å². The van der Waals surface area contributed by atoms with Gasteiger partial charge < -0.3 is 33.7 Å². The first kappa shape index (κ1) is 25.8. The van der Waals surface area contributed by atoms with Crippen molar-refractivity contribution in [2.45, 2.75) is 44.8 Å². The normalized spacial score (nSPS) is 20.8. The van der Waals surface area contributed by atoms with E-state index in [9.17, 15) is 4.79 Å². The van der Waals surface area contributed by atoms with E-state index >= 15 is 0 Å². The summed E-state index contributed by atoms with van der Waals surface area (Å²) in [6, 6.07) is 1.13. The van der Waals surface area contributed by atoms with Gasteiger partial charge >= 0.3 is 0 Å². The highest BCUT2D eigenvalue weighted by molar-refractivity contribution is 5.85. The number of hydrogen-bond acceptors (Lipinski definition) is 8. The van der Waals surface area contributed by atoms with E-state index in [4.69, 9.17) is 28.4 Å². The molecule has 1 saturated heterocycles. The van der Waals surface area contributed by atoms with Crippen LogP contribution in [0, 0.1) is 13.8 Å². The lowest BCUT2D eigenvalue weighted by Crippen LogP contribution is -2.63. The fourth-order valence-electron chi connectivity index (χ4n) is 6.04. The molecular weight excluding hydrogens is 464 g/mol. The average Bonchev–Trinajstić information content (AvgIpc) is 2.86. The van der Waals surface area contributed by atoms with Crippen molar-refractivity contribution in [3.8, 4) is 34.5 Å². The third kappa shape index (κ3) is 3.77. The van der Waals surface area contributed by atoms with E-state index in [0.717, 1.165) is 33.6 Å². The minimum atomic E-state index is -0.320. The van der Waals surface area contributed by atoms with Crippen LogP contribution in [-0.4, -0.2) is 72.6 Å². The van der Waals surface area contributed by atoms with Crippen LogP contribution in [0.2, 0.25) is 0 Å². The number of ether oxygens (including phenoxy) is 6. The summed E-state index contributed by atoms with van der Waals surface area (Å²) in [4.78, 5) is 15.4. The highest BCUT2D eigenvalue weighted by Crippen LogP contribution is 2.52. The lowest BCUT2D eigenvalue weighted by molar-refractivity contribution is -0.133. The molecule has 2 aromatic carbocycles. The lowest BCUT2D eigenvalue weighted by atomic mass is 9.78. The maximum Gasteiger partial charge on any atom is 0.238 e. The Hall–Kier alpha value is -3.33. The first-order valence-electron chi connectivity index (χ1n) is 11.9. The predicted molar refractivity (Wildman–Crippen MR) is 135 cm³/mol. The summed E-state index contributed by atoms with van der Waals surface area (Å²) in [5, 5.41) is 3.27. The lowest BCUT2D eigenvalue weighted by Gasteiger charge is -2.49. The summed E-state index contributed by atoms with van der Waals surface area (Å²) >= 11 is 0. The fourth-order valence-corrected chi connectivity index (χ4v) is 6.04. The van der Waals surface area contributed by atoms with Gasteiger partial charge in [0.15, 0.2) is 23.0 Å². The Kier molecular flexibility index (Phi) is 7.13. The Labute approximate surface area is 212 Å². The fraction of sp³-hybridized carbons (Fsp3) is 0.519. The molecule has 0 aromatic heterocycles. The van der Waals surface area contributed by atoms with E-state index in [1.807, 2.05) is 27.0 Å². The number of piperazine rings is 1. The molecule has 1 amide bonds. The average molecular weight is 501 g/mol. The van der Waals surface area contributed by atoms with E-state index in [2.05, 4.69) is 10.2 Å². The molecule has 2 aliphatic heterocycles. The van der Waals surface area contributed by atoms with Gasteiger partial charge in [-0.1, -0.05) is 0 Å². The minimum absolute atomic E-state index is 0.0185. The monoisotopic (exact) mass is 500 g/mol. The number of rotatable bonds is 8. The molecule has 4 rings (SSSR count). The number of carbonyl (C=O) groups excluding carboxylic acids is 1. The molecule has 9 heteroatoms. The highest BCUT2D eigenvalue weighted by Gasteiger charge is 2.48. The Morgan fingerprint density at radius 3 is 1.97 bits per heavy atom. The van der Waals surface area contributed by atoms with E-state index in [1.54, 1.807) is 42.7 Å². The summed E-state index contributed by atoms with van der Waals surface area (Å²) in [5.74, 6) is 3.95. The molecule has 196 valence electrons. The Balaban J connectivity index is 1.91. The third-order valence-corrected chi connectivity index (χ3v) is 7.55. The highest BCUT2D eigenvalue weighted by atomic mass is 16.5. The Morgan fingerprint density at radius 2 is 1.42 bits per heavy atom. The number of nitrogens with one attached hydrogen (secondary N) is 1. The molecule has 9 nitrogen and oxygen atoms in total. The number of nitrogens with zero attached hydrogens (tertiary/aromatic N) is 1. The minimum Gasteiger partial charge on any atom is -0.496 e. The van der Waals surface area contributed by atoms with Crippen molar-refractivity contribution in [3.63, 3.8) is 0 Å². The van der Waals surface area contributed by atoms with Crippen molar-refractivity contribution in [3.05, 3.63) is 33.9 Å².